The van der Waals surface area contributed by atoms with Crippen molar-refractivity contribution < 1.29 is 9.47 Å². The van der Waals surface area contributed by atoms with E-state index in [0.29, 0.717) is 24.2 Å². The van der Waals surface area contributed by atoms with Gasteiger partial charge in [-0.05, 0) is 30.7 Å². The Bertz CT molecular complexity index is 637. The summed E-state index contributed by atoms with van der Waals surface area (Å²) < 4.78 is 10.6. The smallest absolute Gasteiger partial charge is 0.233 e. The van der Waals surface area contributed by atoms with E-state index in [1.54, 1.807) is 0 Å². The third kappa shape index (κ3) is 2.67. The summed E-state index contributed by atoms with van der Waals surface area (Å²) in [5.74, 6) is 2.19. The minimum absolute atomic E-state index is 0.124. The number of nitrogens with zero attached hydrogens (tertiary/aromatic N) is 3. The normalized spacial score (nSPS) is 12.3. The molecule has 2 aromatic rings. The minimum Gasteiger partial charge on any atom is -0.454 e. The first-order chi connectivity index (χ1) is 9.74. The molecule has 0 bridgehead atoms. The molecule has 0 saturated heterocycles. The summed E-state index contributed by atoms with van der Waals surface area (Å²) in [5, 5.41) is 6.16. The first kappa shape index (κ1) is 12.7. The van der Waals surface area contributed by atoms with Gasteiger partial charge in [0.2, 0.25) is 24.0 Å². The molecule has 0 radical (unpaired) electrons. The largest absolute Gasteiger partial charge is 0.454 e. The van der Waals surface area contributed by atoms with E-state index < -0.39 is 0 Å². The Morgan fingerprint density at radius 1 is 1.15 bits per heavy atom. The van der Waals surface area contributed by atoms with Crippen LogP contribution >= 0.6 is 11.6 Å². The van der Waals surface area contributed by atoms with E-state index in [9.17, 15) is 0 Å². The maximum Gasteiger partial charge on any atom is 0.233 e. The Hall–Kier alpha value is -2.28. The van der Waals surface area contributed by atoms with Gasteiger partial charge in [-0.1, -0.05) is 0 Å². The molecule has 2 heterocycles. The highest BCUT2D eigenvalue weighted by molar-refractivity contribution is 6.28. The molecule has 1 aliphatic heterocycles. The number of hydrogen-bond acceptors (Lipinski definition) is 7. The van der Waals surface area contributed by atoms with Crippen LogP contribution in [-0.2, 0) is 0 Å². The van der Waals surface area contributed by atoms with Gasteiger partial charge in [0.05, 0.1) is 0 Å². The summed E-state index contributed by atoms with van der Waals surface area (Å²) in [4.78, 5) is 12.2. The number of fused-ring (bicyclic) bond motifs is 1. The van der Waals surface area contributed by atoms with Crippen LogP contribution in [0.1, 0.15) is 6.92 Å². The first-order valence-electron chi connectivity index (χ1n) is 6.06. The summed E-state index contributed by atoms with van der Waals surface area (Å²) in [6.07, 6.45) is 0. The average molecular weight is 294 g/mol. The van der Waals surface area contributed by atoms with Crippen molar-refractivity contribution in [2.75, 3.05) is 24.0 Å². The third-order valence-electron chi connectivity index (χ3n) is 2.57. The third-order valence-corrected chi connectivity index (χ3v) is 2.74. The van der Waals surface area contributed by atoms with Crippen molar-refractivity contribution in [3.8, 4) is 11.5 Å². The molecule has 0 spiro atoms. The molecule has 1 aromatic heterocycles. The highest BCUT2D eigenvalue weighted by atomic mass is 35.5. The Labute approximate surface area is 120 Å². The van der Waals surface area contributed by atoms with Crippen molar-refractivity contribution in [2.45, 2.75) is 6.92 Å². The zero-order valence-electron chi connectivity index (χ0n) is 10.7. The van der Waals surface area contributed by atoms with Gasteiger partial charge in [-0.25, -0.2) is 0 Å². The van der Waals surface area contributed by atoms with Crippen molar-refractivity contribution in [1.29, 1.82) is 0 Å². The number of benzene rings is 1. The maximum absolute atomic E-state index is 5.86. The second-order valence-electron chi connectivity index (χ2n) is 3.98. The lowest BCUT2D eigenvalue weighted by Crippen LogP contribution is -2.06. The van der Waals surface area contributed by atoms with Crippen molar-refractivity contribution in [3.63, 3.8) is 0 Å². The van der Waals surface area contributed by atoms with E-state index in [1.165, 1.54) is 0 Å². The van der Waals surface area contributed by atoms with E-state index in [1.807, 2.05) is 25.1 Å². The molecule has 0 amide bonds. The van der Waals surface area contributed by atoms with Gasteiger partial charge in [0, 0.05) is 18.3 Å². The number of rotatable bonds is 4. The van der Waals surface area contributed by atoms with Gasteiger partial charge in [0.25, 0.3) is 0 Å². The molecular formula is C12H12ClN5O2. The van der Waals surface area contributed by atoms with Gasteiger partial charge in [-0.2, -0.15) is 15.0 Å². The molecule has 0 atom stereocenters. The Kier molecular flexibility index (Phi) is 3.42. The highest BCUT2D eigenvalue weighted by Gasteiger charge is 2.14. The lowest BCUT2D eigenvalue weighted by Gasteiger charge is -2.07. The van der Waals surface area contributed by atoms with Crippen LogP contribution in [0.4, 0.5) is 17.6 Å². The lowest BCUT2D eigenvalue weighted by atomic mass is 10.3. The van der Waals surface area contributed by atoms with Crippen LogP contribution in [0.25, 0.3) is 0 Å². The number of halogens is 1. The SMILES string of the molecule is CCNc1nc(Cl)nc(Nc2ccc3c(c2)OCO3)n1. The van der Waals surface area contributed by atoms with Gasteiger partial charge in [0.1, 0.15) is 0 Å². The van der Waals surface area contributed by atoms with Crippen LogP contribution in [0.15, 0.2) is 18.2 Å². The highest BCUT2D eigenvalue weighted by Crippen LogP contribution is 2.34. The topological polar surface area (TPSA) is 81.2 Å². The van der Waals surface area contributed by atoms with Crippen LogP contribution in [0.2, 0.25) is 5.28 Å². The summed E-state index contributed by atoms with van der Waals surface area (Å²) in [6.45, 7) is 2.88. The molecule has 2 N–H and O–H groups in total. The van der Waals surface area contributed by atoms with E-state index >= 15 is 0 Å². The van der Waals surface area contributed by atoms with Crippen molar-refractivity contribution in [2.24, 2.45) is 0 Å². The van der Waals surface area contributed by atoms with Gasteiger partial charge in [0.15, 0.2) is 11.5 Å². The van der Waals surface area contributed by atoms with Crippen LogP contribution < -0.4 is 20.1 Å². The number of anilines is 3. The number of nitrogens with one attached hydrogen (secondary N) is 2. The fourth-order valence-electron chi connectivity index (χ4n) is 1.75. The number of ether oxygens (including phenoxy) is 2. The fraction of sp³-hybridized carbons (Fsp3) is 0.250. The standard InChI is InChI=1S/C12H12ClN5O2/c1-2-14-11-16-10(13)17-12(18-11)15-7-3-4-8-9(5-7)20-6-19-8/h3-5H,2,6H2,1H3,(H2,14,15,16,17,18). The second kappa shape index (κ2) is 5.38. The van der Waals surface area contributed by atoms with Gasteiger partial charge >= 0.3 is 0 Å². The molecule has 0 unspecified atom stereocenters. The number of aromatic nitrogens is 3. The van der Waals surface area contributed by atoms with E-state index in [2.05, 4.69) is 25.6 Å². The van der Waals surface area contributed by atoms with Crippen molar-refractivity contribution in [3.05, 3.63) is 23.5 Å². The molecule has 0 aliphatic carbocycles. The molecule has 3 rings (SSSR count). The average Bonchev–Trinajstić information content (AvgIpc) is 2.85. The molecule has 8 heteroatoms. The molecule has 104 valence electrons. The Morgan fingerprint density at radius 2 is 1.95 bits per heavy atom. The summed E-state index contributed by atoms with van der Waals surface area (Å²) in [6, 6.07) is 5.48. The predicted octanol–water partition coefficient (Wildman–Crippen LogP) is 2.43. The monoisotopic (exact) mass is 293 g/mol. The number of hydrogen-bond donors (Lipinski definition) is 2. The summed E-state index contributed by atoms with van der Waals surface area (Å²) in [5.41, 5.74) is 0.777. The van der Waals surface area contributed by atoms with Crippen LogP contribution in [0, 0.1) is 0 Å². The Balaban J connectivity index is 1.83. The summed E-state index contributed by atoms with van der Waals surface area (Å²) >= 11 is 5.86. The predicted molar refractivity (Wildman–Crippen MR) is 74.8 cm³/mol. The molecule has 0 fully saturated rings. The van der Waals surface area contributed by atoms with Crippen LogP contribution in [0.3, 0.4) is 0 Å². The van der Waals surface area contributed by atoms with Gasteiger partial charge in [-0.15, -0.1) is 0 Å². The first-order valence-corrected chi connectivity index (χ1v) is 6.44. The second-order valence-corrected chi connectivity index (χ2v) is 4.31. The lowest BCUT2D eigenvalue weighted by molar-refractivity contribution is 0.174. The Morgan fingerprint density at radius 3 is 2.80 bits per heavy atom. The fourth-order valence-corrected chi connectivity index (χ4v) is 1.91. The molecular weight excluding hydrogens is 282 g/mol. The van der Waals surface area contributed by atoms with Crippen LogP contribution in [-0.4, -0.2) is 28.3 Å². The van der Waals surface area contributed by atoms with E-state index in [0.717, 1.165) is 11.4 Å². The molecule has 7 nitrogen and oxygen atoms in total. The van der Waals surface area contributed by atoms with Crippen LogP contribution in [0.5, 0.6) is 11.5 Å². The van der Waals surface area contributed by atoms with Gasteiger partial charge in [-0.3, -0.25) is 0 Å². The van der Waals surface area contributed by atoms with E-state index in [-0.39, 0.29) is 12.1 Å². The van der Waals surface area contributed by atoms with E-state index in [4.69, 9.17) is 21.1 Å². The molecule has 0 saturated carbocycles. The minimum atomic E-state index is 0.124. The molecule has 1 aliphatic rings. The zero-order chi connectivity index (χ0) is 13.9. The quantitative estimate of drug-likeness (QED) is 0.896. The van der Waals surface area contributed by atoms with Gasteiger partial charge < -0.3 is 20.1 Å². The van der Waals surface area contributed by atoms with Crippen molar-refractivity contribution in [1.82, 2.24) is 15.0 Å². The maximum atomic E-state index is 5.86. The van der Waals surface area contributed by atoms with Crippen molar-refractivity contribution >= 4 is 29.2 Å². The molecule has 20 heavy (non-hydrogen) atoms. The summed E-state index contributed by atoms with van der Waals surface area (Å²) in [7, 11) is 0. The molecule has 1 aromatic carbocycles. The zero-order valence-corrected chi connectivity index (χ0v) is 11.4.